The lowest BCUT2D eigenvalue weighted by Gasteiger charge is -2.16. The maximum atomic E-state index is 11.4. The van der Waals surface area contributed by atoms with Gasteiger partial charge in [0.2, 0.25) is 0 Å². The van der Waals surface area contributed by atoms with Gasteiger partial charge in [0.1, 0.15) is 6.10 Å². The SMILES string of the molecule is CCCCOC(=O)CCCC[C@@H](CCOC(C)=O)OC(C)=O. The Balaban J connectivity index is 3.84. The second kappa shape index (κ2) is 13.1. The zero-order valence-corrected chi connectivity index (χ0v) is 13.9. The molecule has 0 aromatic carbocycles. The van der Waals surface area contributed by atoms with E-state index in [-0.39, 0.29) is 30.6 Å². The van der Waals surface area contributed by atoms with E-state index in [4.69, 9.17) is 14.2 Å². The van der Waals surface area contributed by atoms with Gasteiger partial charge in [-0.2, -0.15) is 0 Å². The highest BCUT2D eigenvalue weighted by atomic mass is 16.6. The predicted molar refractivity (Wildman–Crippen MR) is 81.1 cm³/mol. The minimum Gasteiger partial charge on any atom is -0.466 e. The molecule has 0 aliphatic heterocycles. The topological polar surface area (TPSA) is 78.9 Å². The van der Waals surface area contributed by atoms with Gasteiger partial charge in [0.05, 0.1) is 13.2 Å². The third-order valence-electron chi connectivity index (χ3n) is 3.00. The molecule has 0 aliphatic rings. The first-order valence-electron chi connectivity index (χ1n) is 7.91. The van der Waals surface area contributed by atoms with Crippen molar-refractivity contribution in [2.24, 2.45) is 0 Å². The van der Waals surface area contributed by atoms with Crippen LogP contribution in [0.2, 0.25) is 0 Å². The van der Waals surface area contributed by atoms with E-state index in [0.717, 1.165) is 19.3 Å². The summed E-state index contributed by atoms with van der Waals surface area (Å²) in [6, 6.07) is 0. The van der Waals surface area contributed by atoms with E-state index < -0.39 is 0 Å². The van der Waals surface area contributed by atoms with Crippen molar-refractivity contribution < 1.29 is 28.6 Å². The Bertz CT molecular complexity index is 340. The van der Waals surface area contributed by atoms with Gasteiger partial charge < -0.3 is 14.2 Å². The lowest BCUT2D eigenvalue weighted by molar-refractivity contribution is -0.149. The number of esters is 3. The molecule has 0 N–H and O–H groups in total. The Morgan fingerprint density at radius 2 is 1.59 bits per heavy atom. The number of carbonyl (C=O) groups is 3. The van der Waals surface area contributed by atoms with E-state index in [1.54, 1.807) is 0 Å². The quantitative estimate of drug-likeness (QED) is 0.313. The van der Waals surface area contributed by atoms with Crippen molar-refractivity contribution in [1.82, 2.24) is 0 Å². The molecule has 6 heteroatoms. The average Bonchev–Trinajstić information content (AvgIpc) is 2.42. The molecule has 0 unspecified atom stereocenters. The standard InChI is InChI=1S/C16H28O6/c1-4-5-11-21-16(19)9-7-6-8-15(22-14(3)18)10-12-20-13(2)17/h15H,4-12H2,1-3H3/t15-/m0/s1. The summed E-state index contributed by atoms with van der Waals surface area (Å²) < 4.78 is 15.1. The summed E-state index contributed by atoms with van der Waals surface area (Å²) in [4.78, 5) is 33.2. The molecule has 0 amide bonds. The van der Waals surface area contributed by atoms with Gasteiger partial charge in [-0.3, -0.25) is 14.4 Å². The molecular weight excluding hydrogens is 288 g/mol. The third kappa shape index (κ3) is 13.4. The van der Waals surface area contributed by atoms with Crippen LogP contribution in [-0.4, -0.2) is 37.2 Å². The molecule has 22 heavy (non-hydrogen) atoms. The van der Waals surface area contributed by atoms with Gasteiger partial charge in [-0.15, -0.1) is 0 Å². The molecule has 128 valence electrons. The number of carbonyl (C=O) groups excluding carboxylic acids is 3. The van der Waals surface area contributed by atoms with Gasteiger partial charge in [-0.1, -0.05) is 13.3 Å². The Morgan fingerprint density at radius 3 is 2.18 bits per heavy atom. The van der Waals surface area contributed by atoms with Crippen LogP contribution in [0.4, 0.5) is 0 Å². The molecule has 0 bridgehead atoms. The van der Waals surface area contributed by atoms with Crippen LogP contribution in [-0.2, 0) is 28.6 Å². The zero-order valence-electron chi connectivity index (χ0n) is 13.9. The van der Waals surface area contributed by atoms with E-state index in [9.17, 15) is 14.4 Å². The molecular formula is C16H28O6. The molecule has 0 fully saturated rings. The fraction of sp³-hybridized carbons (Fsp3) is 0.812. The summed E-state index contributed by atoms with van der Waals surface area (Å²) in [6.45, 7) is 5.44. The van der Waals surface area contributed by atoms with E-state index in [1.165, 1.54) is 13.8 Å². The minimum absolute atomic E-state index is 0.183. The Labute approximate surface area is 132 Å². The summed E-state index contributed by atoms with van der Waals surface area (Å²) >= 11 is 0. The molecule has 0 aromatic heterocycles. The maximum Gasteiger partial charge on any atom is 0.305 e. The molecule has 0 saturated carbocycles. The van der Waals surface area contributed by atoms with Gasteiger partial charge in [-0.25, -0.2) is 0 Å². The summed E-state index contributed by atoms with van der Waals surface area (Å²) in [5, 5.41) is 0. The maximum absolute atomic E-state index is 11.4. The van der Waals surface area contributed by atoms with Gasteiger partial charge >= 0.3 is 17.9 Å². The molecule has 0 aromatic rings. The Hall–Kier alpha value is -1.59. The van der Waals surface area contributed by atoms with Gasteiger partial charge in [-0.05, 0) is 25.7 Å². The fourth-order valence-electron chi connectivity index (χ4n) is 1.87. The fourth-order valence-corrected chi connectivity index (χ4v) is 1.87. The normalized spacial score (nSPS) is 11.6. The van der Waals surface area contributed by atoms with E-state index in [1.807, 2.05) is 6.92 Å². The van der Waals surface area contributed by atoms with Gasteiger partial charge in [0.15, 0.2) is 0 Å². The Morgan fingerprint density at radius 1 is 0.864 bits per heavy atom. The van der Waals surface area contributed by atoms with Crippen molar-refractivity contribution in [1.29, 1.82) is 0 Å². The molecule has 0 aliphatic carbocycles. The zero-order chi connectivity index (χ0) is 16.8. The Kier molecular flexibility index (Phi) is 12.2. The van der Waals surface area contributed by atoms with E-state index in [2.05, 4.69) is 0 Å². The molecule has 0 spiro atoms. The van der Waals surface area contributed by atoms with Gasteiger partial charge in [0.25, 0.3) is 0 Å². The second-order valence-electron chi connectivity index (χ2n) is 5.18. The first-order valence-corrected chi connectivity index (χ1v) is 7.91. The van der Waals surface area contributed by atoms with Crippen LogP contribution >= 0.6 is 0 Å². The molecule has 6 nitrogen and oxygen atoms in total. The highest BCUT2D eigenvalue weighted by Gasteiger charge is 2.13. The molecule has 0 radical (unpaired) electrons. The van der Waals surface area contributed by atoms with E-state index >= 15 is 0 Å². The number of unbranched alkanes of at least 4 members (excludes halogenated alkanes) is 2. The first kappa shape index (κ1) is 20.4. The van der Waals surface area contributed by atoms with Crippen molar-refractivity contribution in [3.8, 4) is 0 Å². The number of ether oxygens (including phenoxy) is 3. The molecule has 1 atom stereocenters. The predicted octanol–water partition coefficient (Wildman–Crippen LogP) is 2.78. The van der Waals surface area contributed by atoms with Gasteiger partial charge in [0, 0.05) is 26.7 Å². The number of rotatable bonds is 12. The lowest BCUT2D eigenvalue weighted by atomic mass is 10.1. The second-order valence-corrected chi connectivity index (χ2v) is 5.18. The smallest absolute Gasteiger partial charge is 0.305 e. The molecule has 0 rings (SSSR count). The number of hydrogen-bond acceptors (Lipinski definition) is 6. The van der Waals surface area contributed by atoms with Crippen LogP contribution in [0.15, 0.2) is 0 Å². The van der Waals surface area contributed by atoms with Crippen LogP contribution in [0.1, 0.15) is 65.7 Å². The lowest BCUT2D eigenvalue weighted by Crippen LogP contribution is -2.19. The molecule has 0 saturated heterocycles. The van der Waals surface area contributed by atoms with Crippen LogP contribution in [0.5, 0.6) is 0 Å². The van der Waals surface area contributed by atoms with Crippen molar-refractivity contribution in [2.45, 2.75) is 71.8 Å². The largest absolute Gasteiger partial charge is 0.466 e. The van der Waals surface area contributed by atoms with Crippen molar-refractivity contribution in [3.63, 3.8) is 0 Å². The minimum atomic E-state index is -0.355. The van der Waals surface area contributed by atoms with Crippen LogP contribution in [0.25, 0.3) is 0 Å². The van der Waals surface area contributed by atoms with Crippen molar-refractivity contribution in [2.75, 3.05) is 13.2 Å². The van der Waals surface area contributed by atoms with Crippen LogP contribution < -0.4 is 0 Å². The third-order valence-corrected chi connectivity index (χ3v) is 3.00. The first-order chi connectivity index (χ1) is 10.5. The van der Waals surface area contributed by atoms with E-state index in [0.29, 0.717) is 32.3 Å². The van der Waals surface area contributed by atoms with Crippen LogP contribution in [0, 0.1) is 0 Å². The summed E-state index contributed by atoms with van der Waals surface area (Å²) in [7, 11) is 0. The van der Waals surface area contributed by atoms with Crippen LogP contribution in [0.3, 0.4) is 0 Å². The number of hydrogen-bond donors (Lipinski definition) is 0. The summed E-state index contributed by atoms with van der Waals surface area (Å²) in [5.74, 6) is -0.888. The highest BCUT2D eigenvalue weighted by Crippen LogP contribution is 2.12. The van der Waals surface area contributed by atoms with Crippen molar-refractivity contribution >= 4 is 17.9 Å². The average molecular weight is 316 g/mol. The van der Waals surface area contributed by atoms with Crippen molar-refractivity contribution in [3.05, 3.63) is 0 Å². The summed E-state index contributed by atoms with van der Waals surface area (Å²) in [6.07, 6.45) is 4.53. The summed E-state index contributed by atoms with van der Waals surface area (Å²) in [5.41, 5.74) is 0. The molecule has 0 heterocycles. The monoisotopic (exact) mass is 316 g/mol. The highest BCUT2D eigenvalue weighted by molar-refractivity contribution is 5.69.